The summed E-state index contributed by atoms with van der Waals surface area (Å²) in [5.41, 5.74) is -1.31. The Kier molecular flexibility index (Phi) is 59.5. The molecule has 0 rings (SSSR count). The van der Waals surface area contributed by atoms with Gasteiger partial charge in [0.2, 0.25) is 17.7 Å². The molecule has 0 fully saturated rings. The lowest BCUT2D eigenvalue weighted by atomic mass is 10.0. The molecule has 0 aliphatic rings. The molecule has 0 spiro atoms. The van der Waals surface area contributed by atoms with Crippen molar-refractivity contribution in [2.24, 2.45) is 5.92 Å². The number of carbonyl (C=O) groups excluding carboxylic acids is 3. The molecule has 0 saturated carbocycles. The van der Waals surface area contributed by atoms with Gasteiger partial charge in [-0.1, -0.05) is 13.8 Å². The van der Waals surface area contributed by atoms with Crippen LogP contribution in [0.4, 0.5) is 0 Å². The first kappa shape index (κ1) is 80.6. The zero-order chi connectivity index (χ0) is 61.0. The minimum absolute atomic E-state index is 0.00208. The number of ether oxygens (including phenoxy) is 18. The molecule has 494 valence electrons. The first-order valence-electron chi connectivity index (χ1n) is 30.0. The van der Waals surface area contributed by atoms with Gasteiger partial charge in [-0.2, -0.15) is 0 Å². The molecule has 0 aromatic heterocycles. The summed E-state index contributed by atoms with van der Waals surface area (Å²) >= 11 is 0. The van der Waals surface area contributed by atoms with E-state index in [2.05, 4.69) is 35.1 Å². The van der Waals surface area contributed by atoms with E-state index in [0.717, 1.165) is 6.42 Å². The van der Waals surface area contributed by atoms with Crippen molar-refractivity contribution in [1.29, 1.82) is 0 Å². The third-order valence-corrected chi connectivity index (χ3v) is 10.9. The van der Waals surface area contributed by atoms with Crippen LogP contribution in [0.3, 0.4) is 0 Å². The average Bonchev–Trinajstić information content (AvgIpc) is 3.47. The van der Waals surface area contributed by atoms with Crippen LogP contribution >= 0.6 is 0 Å². The van der Waals surface area contributed by atoms with Crippen LogP contribution in [0.15, 0.2) is 0 Å². The van der Waals surface area contributed by atoms with Crippen LogP contribution in [0, 0.1) is 5.92 Å². The largest absolute Gasteiger partial charge is 0.379 e. The minimum atomic E-state index is -1.31. The van der Waals surface area contributed by atoms with Crippen molar-refractivity contribution in [3.8, 4) is 0 Å². The maximum atomic E-state index is 13.5. The van der Waals surface area contributed by atoms with Crippen LogP contribution in [-0.4, -0.2) is 291 Å². The maximum absolute atomic E-state index is 13.5. The van der Waals surface area contributed by atoms with Crippen molar-refractivity contribution in [2.45, 2.75) is 111 Å². The number of aliphatic hydroxyl groups excluding tert-OH is 1. The number of rotatable bonds is 67. The molecule has 0 heterocycles. The highest BCUT2D eigenvalue weighted by Crippen LogP contribution is 2.11. The molecule has 1 atom stereocenters. The Morgan fingerprint density at radius 1 is 0.337 bits per heavy atom. The number of amides is 3. The Balaban J connectivity index is 5.33. The van der Waals surface area contributed by atoms with E-state index < -0.39 is 17.7 Å². The summed E-state index contributed by atoms with van der Waals surface area (Å²) in [6, 6.07) is 0. The Hall–Kier alpha value is -2.39. The van der Waals surface area contributed by atoms with Gasteiger partial charge in [0.25, 0.3) is 0 Å². The highest BCUT2D eigenvalue weighted by molar-refractivity contribution is 5.78. The third-order valence-electron chi connectivity index (χ3n) is 10.9. The van der Waals surface area contributed by atoms with Gasteiger partial charge in [-0.25, -0.2) is 0 Å². The fourth-order valence-electron chi connectivity index (χ4n) is 6.57. The average molecular weight is 1210 g/mol. The van der Waals surface area contributed by atoms with E-state index in [9.17, 15) is 19.5 Å². The molecular formula is C57H114N4O22. The van der Waals surface area contributed by atoms with Crippen molar-refractivity contribution < 1.29 is 105 Å². The molecule has 0 radical (unpaired) electrons. The summed E-state index contributed by atoms with van der Waals surface area (Å²) in [5, 5.41) is 22.3. The second kappa shape index (κ2) is 61.3. The molecule has 1 unspecified atom stereocenters. The van der Waals surface area contributed by atoms with Crippen LogP contribution in [0.1, 0.15) is 81.1 Å². The highest BCUT2D eigenvalue weighted by Gasteiger charge is 2.34. The lowest BCUT2D eigenvalue weighted by Gasteiger charge is -2.34. The van der Waals surface area contributed by atoms with Gasteiger partial charge in [-0.3, -0.25) is 19.7 Å². The molecule has 3 amide bonds. The van der Waals surface area contributed by atoms with E-state index in [4.69, 9.17) is 85.3 Å². The number of hydrogen-bond acceptors (Lipinski definition) is 23. The zero-order valence-electron chi connectivity index (χ0n) is 52.2. The van der Waals surface area contributed by atoms with Crippen LogP contribution in [0.2, 0.25) is 0 Å². The van der Waals surface area contributed by atoms with Gasteiger partial charge in [0, 0.05) is 45.5 Å². The van der Waals surface area contributed by atoms with Gasteiger partial charge < -0.3 is 106 Å². The van der Waals surface area contributed by atoms with Gasteiger partial charge in [-0.05, 0) is 53.9 Å². The monoisotopic (exact) mass is 1210 g/mol. The molecule has 0 saturated heterocycles. The number of aliphatic hydroxyl groups is 1. The minimum Gasteiger partial charge on any atom is -0.379 e. The second-order valence-corrected chi connectivity index (χ2v) is 20.2. The summed E-state index contributed by atoms with van der Waals surface area (Å²) in [5.74, 6) is -0.460. The normalized spacial score (nSPS) is 12.4. The molecule has 0 aromatic carbocycles. The molecule has 0 aliphatic carbocycles. The highest BCUT2D eigenvalue weighted by atomic mass is 16.6. The van der Waals surface area contributed by atoms with Gasteiger partial charge in [0.1, 0.15) is 18.4 Å². The zero-order valence-corrected chi connectivity index (χ0v) is 52.2. The predicted molar refractivity (Wildman–Crippen MR) is 310 cm³/mol. The summed E-state index contributed by atoms with van der Waals surface area (Å²) in [6.45, 7) is 27.4. The fourth-order valence-corrected chi connectivity index (χ4v) is 6.57. The van der Waals surface area contributed by atoms with Crippen LogP contribution in [0.5, 0.6) is 0 Å². The summed E-state index contributed by atoms with van der Waals surface area (Å²) < 4.78 is 101. The molecule has 83 heavy (non-hydrogen) atoms. The third kappa shape index (κ3) is 62.5. The standard InChI is InChI=1S/C57H114N4O22/c1-49(2)9-16-66-23-27-73-37-38-77-45-56(65)61-57(46-78-17-10-53(62)58-13-20-67-24-28-70-31-34-74-39-42-81-50(3)4,47-79-18-11-54(63)59-14-21-68-25-29-71-32-35-75-40-43-82-51(5)6)48-80-19-12-55(64)60-15-22-69-26-30-72-33-36-76-41-44-83-52(7)8/h49-53,58,62H,9-48H2,1-8H3,(H,59,63)(H,60,64)(H,61,65). The van der Waals surface area contributed by atoms with Crippen LogP contribution in [0.25, 0.3) is 0 Å². The Labute approximate surface area is 497 Å². The summed E-state index contributed by atoms with van der Waals surface area (Å²) in [6.07, 6.45) is 0.769. The van der Waals surface area contributed by atoms with Gasteiger partial charge in [0.05, 0.1) is 223 Å². The topological polar surface area (TPSA) is 286 Å². The van der Waals surface area contributed by atoms with E-state index >= 15 is 0 Å². The Morgan fingerprint density at radius 3 is 1.00 bits per heavy atom. The predicted octanol–water partition coefficient (Wildman–Crippen LogP) is 1.72. The van der Waals surface area contributed by atoms with E-state index in [1.165, 1.54) is 0 Å². The molecule has 0 aliphatic heterocycles. The quantitative estimate of drug-likeness (QED) is 0.0428. The molecule has 0 aromatic rings. The van der Waals surface area contributed by atoms with Gasteiger partial charge in [0.15, 0.2) is 0 Å². The van der Waals surface area contributed by atoms with Crippen molar-refractivity contribution in [3.63, 3.8) is 0 Å². The van der Waals surface area contributed by atoms with Gasteiger partial charge >= 0.3 is 0 Å². The van der Waals surface area contributed by atoms with Crippen molar-refractivity contribution in [2.75, 3.05) is 238 Å². The number of nitrogens with one attached hydrogen (secondary N) is 4. The smallest absolute Gasteiger partial charge is 0.246 e. The SMILES string of the molecule is CC(C)CCOCCOCCOCC(=O)NC(COCCC(=O)NCCOCCOCCOCCOC(C)C)(COCCC(=O)NCCOCCOCCOCCOC(C)C)COCCC(O)NCCOCCOCCOCCOC(C)C. The van der Waals surface area contributed by atoms with Crippen molar-refractivity contribution in [3.05, 3.63) is 0 Å². The summed E-state index contributed by atoms with van der Waals surface area (Å²) in [7, 11) is 0. The second-order valence-electron chi connectivity index (χ2n) is 20.2. The van der Waals surface area contributed by atoms with Crippen molar-refractivity contribution >= 4 is 17.7 Å². The van der Waals surface area contributed by atoms with E-state index in [1.807, 2.05) is 41.5 Å². The molecule has 0 bridgehead atoms. The van der Waals surface area contributed by atoms with Crippen LogP contribution in [-0.2, 0) is 99.6 Å². The van der Waals surface area contributed by atoms with E-state index in [0.29, 0.717) is 158 Å². The Bertz CT molecular complexity index is 1360. The van der Waals surface area contributed by atoms with Crippen molar-refractivity contribution in [1.82, 2.24) is 21.3 Å². The molecule has 26 nitrogen and oxygen atoms in total. The molecule has 5 N–H and O–H groups in total. The lowest BCUT2D eigenvalue weighted by molar-refractivity contribution is -0.134. The van der Waals surface area contributed by atoms with E-state index in [-0.39, 0.29) is 135 Å². The number of carbonyl (C=O) groups is 3. The molecule has 26 heteroatoms. The van der Waals surface area contributed by atoms with E-state index in [1.54, 1.807) is 0 Å². The maximum Gasteiger partial charge on any atom is 0.246 e. The fraction of sp³-hybridized carbons (Fsp3) is 0.947. The van der Waals surface area contributed by atoms with Gasteiger partial charge in [-0.15, -0.1) is 0 Å². The van der Waals surface area contributed by atoms with Crippen LogP contribution < -0.4 is 21.3 Å². The summed E-state index contributed by atoms with van der Waals surface area (Å²) in [4.78, 5) is 39.1. The lowest BCUT2D eigenvalue weighted by Crippen LogP contribution is -2.59. The molecular weight excluding hydrogens is 1090 g/mol. The Morgan fingerprint density at radius 2 is 0.639 bits per heavy atom. The first-order chi connectivity index (χ1) is 40.2. The number of hydrogen-bond donors (Lipinski definition) is 5. The first-order valence-corrected chi connectivity index (χ1v) is 30.0.